The molecule has 5 nitrogen and oxygen atoms in total. The van der Waals surface area contributed by atoms with Crippen LogP contribution in [0.1, 0.15) is 25.7 Å². The highest BCUT2D eigenvalue weighted by atomic mass is 16.5. The highest BCUT2D eigenvalue weighted by molar-refractivity contribution is 5.86. The number of carbonyl (C=O) groups excluding carboxylic acids is 1. The van der Waals surface area contributed by atoms with Gasteiger partial charge < -0.3 is 15.2 Å². The average Bonchev–Trinajstić information content (AvgIpc) is 2.81. The van der Waals surface area contributed by atoms with Crippen molar-refractivity contribution in [2.24, 2.45) is 11.8 Å². The van der Waals surface area contributed by atoms with Gasteiger partial charge in [0.05, 0.1) is 24.0 Å². The molecule has 3 rings (SSSR count). The number of carboxylic acid groups (broad SMARTS) is 1. The molecule has 3 aliphatic rings. The SMILES string of the molecule is O=C(O)[C@@H]1[C@H](C(=O)NC2CC2)[C@H]2CC[C@H]1O2. The van der Waals surface area contributed by atoms with E-state index in [1.165, 1.54) is 0 Å². The van der Waals surface area contributed by atoms with Crippen LogP contribution < -0.4 is 5.32 Å². The van der Waals surface area contributed by atoms with Gasteiger partial charge in [0.2, 0.25) is 5.91 Å². The summed E-state index contributed by atoms with van der Waals surface area (Å²) in [6, 6.07) is 0.279. The number of hydrogen-bond acceptors (Lipinski definition) is 3. The van der Waals surface area contributed by atoms with E-state index in [0.29, 0.717) is 0 Å². The van der Waals surface area contributed by atoms with Crippen LogP contribution in [0.15, 0.2) is 0 Å². The Morgan fingerprint density at radius 2 is 1.69 bits per heavy atom. The lowest BCUT2D eigenvalue weighted by Gasteiger charge is -2.23. The molecule has 0 aromatic rings. The molecule has 2 bridgehead atoms. The van der Waals surface area contributed by atoms with Gasteiger partial charge in [-0.3, -0.25) is 9.59 Å². The van der Waals surface area contributed by atoms with Crippen molar-refractivity contribution in [3.8, 4) is 0 Å². The zero-order chi connectivity index (χ0) is 11.3. The molecule has 2 aliphatic heterocycles. The Labute approximate surface area is 93.2 Å². The molecular formula is C11H15NO4. The Morgan fingerprint density at radius 1 is 1.06 bits per heavy atom. The van der Waals surface area contributed by atoms with Gasteiger partial charge in [-0.15, -0.1) is 0 Å². The van der Waals surface area contributed by atoms with Gasteiger partial charge in [0.25, 0.3) is 0 Å². The summed E-state index contributed by atoms with van der Waals surface area (Å²) in [6.07, 6.45) is 3.20. The van der Waals surface area contributed by atoms with E-state index in [1.54, 1.807) is 0 Å². The van der Waals surface area contributed by atoms with Crippen LogP contribution in [0, 0.1) is 11.8 Å². The van der Waals surface area contributed by atoms with Gasteiger partial charge in [0.15, 0.2) is 0 Å². The highest BCUT2D eigenvalue weighted by Gasteiger charge is 2.55. The first-order valence-electron chi connectivity index (χ1n) is 5.85. The van der Waals surface area contributed by atoms with Gasteiger partial charge in [-0.2, -0.15) is 0 Å². The highest BCUT2D eigenvalue weighted by Crippen LogP contribution is 2.43. The monoisotopic (exact) mass is 225 g/mol. The number of fused-ring (bicyclic) bond motifs is 2. The number of rotatable bonds is 3. The fourth-order valence-corrected chi connectivity index (χ4v) is 2.85. The number of amides is 1. The minimum atomic E-state index is -0.900. The summed E-state index contributed by atoms with van der Waals surface area (Å²) >= 11 is 0. The fraction of sp³-hybridized carbons (Fsp3) is 0.818. The van der Waals surface area contributed by atoms with Gasteiger partial charge in [-0.25, -0.2) is 0 Å². The van der Waals surface area contributed by atoms with Crippen LogP contribution in [0.2, 0.25) is 0 Å². The molecule has 0 spiro atoms. The molecule has 16 heavy (non-hydrogen) atoms. The topological polar surface area (TPSA) is 75.6 Å². The molecule has 2 N–H and O–H groups in total. The molecule has 3 fully saturated rings. The van der Waals surface area contributed by atoms with Gasteiger partial charge in [0.1, 0.15) is 0 Å². The molecular weight excluding hydrogens is 210 g/mol. The number of aliphatic carboxylic acids is 1. The first kappa shape index (κ1) is 10.1. The van der Waals surface area contributed by atoms with E-state index in [-0.39, 0.29) is 24.2 Å². The third-order valence-corrected chi connectivity index (χ3v) is 3.78. The third-order valence-electron chi connectivity index (χ3n) is 3.78. The molecule has 0 aromatic carbocycles. The fourth-order valence-electron chi connectivity index (χ4n) is 2.85. The Bertz CT molecular complexity index is 339. The van der Waals surface area contributed by atoms with E-state index < -0.39 is 17.8 Å². The predicted molar refractivity (Wildman–Crippen MR) is 53.7 cm³/mol. The van der Waals surface area contributed by atoms with E-state index in [2.05, 4.69) is 5.32 Å². The van der Waals surface area contributed by atoms with Crippen molar-refractivity contribution >= 4 is 11.9 Å². The summed E-state index contributed by atoms with van der Waals surface area (Å²) in [5.41, 5.74) is 0. The van der Waals surface area contributed by atoms with Crippen LogP contribution in [-0.4, -0.2) is 35.2 Å². The summed E-state index contributed by atoms with van der Waals surface area (Å²) in [4.78, 5) is 23.1. The van der Waals surface area contributed by atoms with E-state index in [9.17, 15) is 9.59 Å². The van der Waals surface area contributed by atoms with Crippen molar-refractivity contribution in [2.75, 3.05) is 0 Å². The zero-order valence-electron chi connectivity index (χ0n) is 8.89. The summed E-state index contributed by atoms with van der Waals surface area (Å²) in [5, 5.41) is 12.0. The molecule has 0 aromatic heterocycles. The standard InChI is InChI=1S/C11H15NO4/c13-10(12-5-1-2-5)8-6-3-4-7(16-6)9(8)11(14)15/h5-9H,1-4H2,(H,12,13)(H,14,15)/t6-,7-,8-,9+/m1/s1. The first-order chi connectivity index (χ1) is 7.66. The molecule has 1 aliphatic carbocycles. The minimum absolute atomic E-state index is 0.123. The van der Waals surface area contributed by atoms with Gasteiger partial charge in [-0.1, -0.05) is 0 Å². The van der Waals surface area contributed by atoms with Crippen LogP contribution in [0.25, 0.3) is 0 Å². The summed E-state index contributed by atoms with van der Waals surface area (Å²) < 4.78 is 5.54. The molecule has 1 amide bonds. The number of hydrogen-bond donors (Lipinski definition) is 2. The predicted octanol–water partition coefficient (Wildman–Crippen LogP) is 0.143. The van der Waals surface area contributed by atoms with Crippen molar-refractivity contribution in [3.05, 3.63) is 0 Å². The minimum Gasteiger partial charge on any atom is -0.481 e. The van der Waals surface area contributed by atoms with Gasteiger partial charge in [0, 0.05) is 6.04 Å². The number of nitrogens with one attached hydrogen (secondary N) is 1. The van der Waals surface area contributed by atoms with Crippen molar-refractivity contribution in [3.63, 3.8) is 0 Å². The van der Waals surface area contributed by atoms with Gasteiger partial charge in [-0.05, 0) is 25.7 Å². The van der Waals surface area contributed by atoms with E-state index in [0.717, 1.165) is 25.7 Å². The lowest BCUT2D eigenvalue weighted by molar-refractivity contribution is -0.147. The second kappa shape index (κ2) is 3.45. The molecule has 88 valence electrons. The van der Waals surface area contributed by atoms with E-state index >= 15 is 0 Å². The zero-order valence-corrected chi connectivity index (χ0v) is 8.89. The molecule has 0 unspecified atom stereocenters. The maximum Gasteiger partial charge on any atom is 0.310 e. The Balaban J connectivity index is 1.75. The van der Waals surface area contributed by atoms with Crippen LogP contribution in [-0.2, 0) is 14.3 Å². The van der Waals surface area contributed by atoms with Crippen LogP contribution in [0.3, 0.4) is 0 Å². The summed E-state index contributed by atoms with van der Waals surface area (Å²) in [7, 11) is 0. The molecule has 1 saturated carbocycles. The second-order valence-corrected chi connectivity index (χ2v) is 4.96. The number of carbonyl (C=O) groups is 2. The van der Waals surface area contributed by atoms with Crippen molar-refractivity contribution in [2.45, 2.75) is 43.9 Å². The van der Waals surface area contributed by atoms with Crippen molar-refractivity contribution in [1.29, 1.82) is 0 Å². The quantitative estimate of drug-likeness (QED) is 0.716. The Morgan fingerprint density at radius 3 is 2.25 bits per heavy atom. The lowest BCUT2D eigenvalue weighted by Crippen LogP contribution is -2.44. The lowest BCUT2D eigenvalue weighted by atomic mass is 9.78. The van der Waals surface area contributed by atoms with Crippen LogP contribution in [0.4, 0.5) is 0 Å². The smallest absolute Gasteiger partial charge is 0.310 e. The summed E-state index contributed by atoms with van der Waals surface area (Å²) in [6.45, 7) is 0. The number of ether oxygens (including phenoxy) is 1. The average molecular weight is 225 g/mol. The maximum atomic E-state index is 11.9. The maximum absolute atomic E-state index is 11.9. The van der Waals surface area contributed by atoms with Crippen LogP contribution >= 0.6 is 0 Å². The first-order valence-corrected chi connectivity index (χ1v) is 5.85. The Kier molecular flexibility index (Phi) is 2.17. The largest absolute Gasteiger partial charge is 0.481 e. The molecule has 2 saturated heterocycles. The molecule has 2 heterocycles. The molecule has 0 radical (unpaired) electrons. The number of carboxylic acids is 1. The molecule has 5 heteroatoms. The normalized spacial score (nSPS) is 41.0. The van der Waals surface area contributed by atoms with Crippen LogP contribution in [0.5, 0.6) is 0 Å². The summed E-state index contributed by atoms with van der Waals surface area (Å²) in [5.74, 6) is -2.14. The third kappa shape index (κ3) is 1.50. The van der Waals surface area contributed by atoms with Gasteiger partial charge >= 0.3 is 5.97 Å². The van der Waals surface area contributed by atoms with E-state index in [1.807, 2.05) is 0 Å². The second-order valence-electron chi connectivity index (χ2n) is 4.96. The van der Waals surface area contributed by atoms with Crippen molar-refractivity contribution < 1.29 is 19.4 Å². The van der Waals surface area contributed by atoms with E-state index in [4.69, 9.17) is 9.84 Å². The Hall–Kier alpha value is -1.10. The molecule has 4 atom stereocenters. The van der Waals surface area contributed by atoms with Crippen molar-refractivity contribution in [1.82, 2.24) is 5.32 Å².